The first-order valence-electron chi connectivity index (χ1n) is 6.99. The van der Waals surface area contributed by atoms with E-state index >= 15 is 0 Å². The molecule has 3 nitrogen and oxygen atoms in total. The van der Waals surface area contributed by atoms with E-state index in [1.807, 2.05) is 29.8 Å². The standard InChI is InChI=1S/C15H19N3S/c1-2-16-9-11-5-3-7-13-14(11)18-15(19-13)12-6-4-8-17-10-12/h4,6,8,10-11,16H,2-3,5,7,9H2,1H3. The van der Waals surface area contributed by atoms with Crippen LogP contribution in [0.1, 0.15) is 36.3 Å². The molecule has 0 radical (unpaired) electrons. The van der Waals surface area contributed by atoms with Gasteiger partial charge in [0, 0.05) is 35.3 Å². The lowest BCUT2D eigenvalue weighted by Gasteiger charge is -2.21. The summed E-state index contributed by atoms with van der Waals surface area (Å²) >= 11 is 1.85. The van der Waals surface area contributed by atoms with Crippen molar-refractivity contribution in [2.75, 3.05) is 13.1 Å². The summed E-state index contributed by atoms with van der Waals surface area (Å²) in [5.41, 5.74) is 2.47. The molecule has 0 aliphatic heterocycles. The van der Waals surface area contributed by atoms with E-state index in [0.29, 0.717) is 5.92 Å². The van der Waals surface area contributed by atoms with Gasteiger partial charge in [-0.05, 0) is 37.9 Å². The zero-order chi connectivity index (χ0) is 13.1. The lowest BCUT2D eigenvalue weighted by Crippen LogP contribution is -2.23. The molecule has 1 atom stereocenters. The molecule has 0 saturated heterocycles. The molecule has 2 aromatic rings. The van der Waals surface area contributed by atoms with Gasteiger partial charge in [-0.15, -0.1) is 11.3 Å². The lowest BCUT2D eigenvalue weighted by atomic mass is 9.91. The van der Waals surface area contributed by atoms with Gasteiger partial charge in [0.15, 0.2) is 0 Å². The quantitative estimate of drug-likeness (QED) is 0.929. The van der Waals surface area contributed by atoms with Gasteiger partial charge in [-0.3, -0.25) is 4.98 Å². The summed E-state index contributed by atoms with van der Waals surface area (Å²) in [5, 5.41) is 4.59. The highest BCUT2D eigenvalue weighted by Crippen LogP contribution is 2.37. The third kappa shape index (κ3) is 2.69. The van der Waals surface area contributed by atoms with E-state index in [-0.39, 0.29) is 0 Å². The van der Waals surface area contributed by atoms with Gasteiger partial charge in [0.25, 0.3) is 0 Å². The minimum Gasteiger partial charge on any atom is -0.316 e. The second-order valence-corrected chi connectivity index (χ2v) is 6.05. The molecule has 0 aromatic carbocycles. The maximum absolute atomic E-state index is 4.89. The molecule has 3 rings (SSSR count). The molecule has 1 aliphatic rings. The Bertz CT molecular complexity index is 536. The highest BCUT2D eigenvalue weighted by molar-refractivity contribution is 7.15. The van der Waals surface area contributed by atoms with Crippen LogP contribution >= 0.6 is 11.3 Å². The molecule has 1 aliphatic carbocycles. The topological polar surface area (TPSA) is 37.8 Å². The molecule has 2 heterocycles. The van der Waals surface area contributed by atoms with Crippen LogP contribution in [0.4, 0.5) is 0 Å². The Morgan fingerprint density at radius 3 is 3.21 bits per heavy atom. The summed E-state index contributed by atoms with van der Waals surface area (Å²) < 4.78 is 0. The SMILES string of the molecule is CCNCC1CCCc2sc(-c3cccnc3)nc21. The largest absolute Gasteiger partial charge is 0.316 e. The molecule has 0 saturated carbocycles. The van der Waals surface area contributed by atoms with Gasteiger partial charge in [-0.2, -0.15) is 0 Å². The third-order valence-corrected chi connectivity index (χ3v) is 4.80. The predicted molar refractivity (Wildman–Crippen MR) is 79.6 cm³/mol. The minimum atomic E-state index is 0.588. The highest BCUT2D eigenvalue weighted by Gasteiger charge is 2.24. The summed E-state index contributed by atoms with van der Waals surface area (Å²) in [6.45, 7) is 4.25. The number of aryl methyl sites for hydroxylation is 1. The summed E-state index contributed by atoms with van der Waals surface area (Å²) in [4.78, 5) is 10.6. The average molecular weight is 273 g/mol. The smallest absolute Gasteiger partial charge is 0.125 e. The Balaban J connectivity index is 1.89. The number of nitrogens with one attached hydrogen (secondary N) is 1. The number of aromatic nitrogens is 2. The normalized spacial score (nSPS) is 18.3. The molecule has 0 bridgehead atoms. The predicted octanol–water partition coefficient (Wildman–Crippen LogP) is 3.23. The second-order valence-electron chi connectivity index (χ2n) is 4.97. The highest BCUT2D eigenvalue weighted by atomic mass is 32.1. The van der Waals surface area contributed by atoms with Crippen LogP contribution in [0.2, 0.25) is 0 Å². The first-order valence-corrected chi connectivity index (χ1v) is 7.81. The molecule has 1 N–H and O–H groups in total. The Morgan fingerprint density at radius 1 is 1.47 bits per heavy atom. The number of thiazole rings is 1. The Morgan fingerprint density at radius 2 is 2.42 bits per heavy atom. The fourth-order valence-corrected chi connectivity index (χ4v) is 3.82. The van der Waals surface area contributed by atoms with Crippen LogP contribution < -0.4 is 5.32 Å². The molecular weight excluding hydrogens is 254 g/mol. The minimum absolute atomic E-state index is 0.588. The third-order valence-electron chi connectivity index (χ3n) is 3.62. The molecule has 0 amide bonds. The maximum Gasteiger partial charge on any atom is 0.125 e. The Hall–Kier alpha value is -1.26. The molecule has 2 aromatic heterocycles. The lowest BCUT2D eigenvalue weighted by molar-refractivity contribution is 0.509. The Labute approximate surface area is 118 Å². The number of rotatable bonds is 4. The van der Waals surface area contributed by atoms with Crippen LogP contribution in [0, 0.1) is 0 Å². The summed E-state index contributed by atoms with van der Waals surface area (Å²) in [7, 11) is 0. The number of pyridine rings is 1. The van der Waals surface area contributed by atoms with E-state index in [2.05, 4.69) is 23.3 Å². The van der Waals surface area contributed by atoms with Gasteiger partial charge in [0.2, 0.25) is 0 Å². The molecule has 0 fully saturated rings. The molecule has 19 heavy (non-hydrogen) atoms. The number of fused-ring (bicyclic) bond motifs is 1. The van der Waals surface area contributed by atoms with Crippen LogP contribution in [0.5, 0.6) is 0 Å². The zero-order valence-corrected chi connectivity index (χ0v) is 12.0. The van der Waals surface area contributed by atoms with Crippen molar-refractivity contribution in [3.05, 3.63) is 35.1 Å². The van der Waals surface area contributed by atoms with Gasteiger partial charge < -0.3 is 5.32 Å². The van der Waals surface area contributed by atoms with Gasteiger partial charge >= 0.3 is 0 Å². The van der Waals surface area contributed by atoms with Gasteiger partial charge in [0.1, 0.15) is 5.01 Å². The van der Waals surface area contributed by atoms with Crippen LogP contribution in [-0.2, 0) is 6.42 Å². The first kappa shape index (κ1) is 12.8. The number of nitrogens with zero attached hydrogens (tertiary/aromatic N) is 2. The summed E-state index contributed by atoms with van der Waals surface area (Å²) in [6, 6.07) is 4.07. The maximum atomic E-state index is 4.89. The summed E-state index contributed by atoms with van der Waals surface area (Å²) in [5.74, 6) is 0.588. The van der Waals surface area contributed by atoms with Crippen LogP contribution in [-0.4, -0.2) is 23.1 Å². The van der Waals surface area contributed by atoms with Crippen molar-refractivity contribution >= 4 is 11.3 Å². The van der Waals surface area contributed by atoms with Crippen molar-refractivity contribution in [2.24, 2.45) is 0 Å². The van der Waals surface area contributed by atoms with Gasteiger partial charge in [-0.1, -0.05) is 6.92 Å². The molecule has 100 valence electrons. The fourth-order valence-electron chi connectivity index (χ4n) is 2.64. The summed E-state index contributed by atoms with van der Waals surface area (Å²) in [6.07, 6.45) is 7.46. The van der Waals surface area contributed by atoms with E-state index in [1.54, 1.807) is 0 Å². The average Bonchev–Trinajstić information content (AvgIpc) is 2.90. The second kappa shape index (κ2) is 5.80. The van der Waals surface area contributed by atoms with E-state index in [4.69, 9.17) is 4.98 Å². The van der Waals surface area contributed by atoms with Crippen molar-refractivity contribution in [2.45, 2.75) is 32.1 Å². The number of hydrogen-bond acceptors (Lipinski definition) is 4. The van der Waals surface area contributed by atoms with Crippen molar-refractivity contribution < 1.29 is 0 Å². The van der Waals surface area contributed by atoms with E-state index in [1.165, 1.54) is 29.8 Å². The fraction of sp³-hybridized carbons (Fsp3) is 0.467. The van der Waals surface area contributed by atoms with Gasteiger partial charge in [0.05, 0.1) is 5.69 Å². The van der Waals surface area contributed by atoms with Crippen LogP contribution in [0.15, 0.2) is 24.5 Å². The van der Waals surface area contributed by atoms with Crippen molar-refractivity contribution in [3.8, 4) is 10.6 Å². The number of hydrogen-bond donors (Lipinski definition) is 1. The Kier molecular flexibility index (Phi) is 3.89. The van der Waals surface area contributed by atoms with E-state index in [9.17, 15) is 0 Å². The van der Waals surface area contributed by atoms with Crippen molar-refractivity contribution in [3.63, 3.8) is 0 Å². The van der Waals surface area contributed by atoms with Crippen LogP contribution in [0.3, 0.4) is 0 Å². The van der Waals surface area contributed by atoms with E-state index in [0.717, 1.165) is 23.7 Å². The molecular formula is C15H19N3S. The van der Waals surface area contributed by atoms with E-state index < -0.39 is 0 Å². The van der Waals surface area contributed by atoms with Crippen molar-refractivity contribution in [1.82, 2.24) is 15.3 Å². The monoisotopic (exact) mass is 273 g/mol. The van der Waals surface area contributed by atoms with Crippen molar-refractivity contribution in [1.29, 1.82) is 0 Å². The van der Waals surface area contributed by atoms with Gasteiger partial charge in [-0.25, -0.2) is 4.98 Å². The molecule has 4 heteroatoms. The first-order chi connectivity index (χ1) is 9.38. The molecule has 0 spiro atoms. The van der Waals surface area contributed by atoms with Crippen LogP contribution in [0.25, 0.3) is 10.6 Å². The zero-order valence-electron chi connectivity index (χ0n) is 11.2. The number of likely N-dealkylation sites (N-methyl/N-ethyl adjacent to an activating group) is 1. The molecule has 1 unspecified atom stereocenters.